The van der Waals surface area contributed by atoms with Gasteiger partial charge in [-0.05, 0) is 0 Å². The van der Waals surface area contributed by atoms with E-state index in [1.54, 1.807) is 0 Å². The molecule has 0 amide bonds. The third-order valence-corrected chi connectivity index (χ3v) is 3.54. The summed E-state index contributed by atoms with van der Waals surface area (Å²) in [5.74, 6) is -70.3. The van der Waals surface area contributed by atoms with E-state index in [-0.39, 0.29) is 0 Å². The molecule has 0 unspecified atom stereocenters. The number of hydrogen-bond acceptors (Lipinski definition) is 1. The molecule has 194 valence electrons. The van der Waals surface area contributed by atoms with Crippen molar-refractivity contribution in [2.75, 3.05) is 0 Å². The minimum absolute atomic E-state index is 2.99. The van der Waals surface area contributed by atoms with E-state index in [1.807, 2.05) is 0 Å². The molecule has 1 nitrogen and oxygen atoms in total. The van der Waals surface area contributed by atoms with Crippen LogP contribution >= 0.6 is 0 Å². The fraction of sp³-hybridized carbons (Fsp3) is 1.00. The lowest BCUT2D eigenvalue weighted by Crippen LogP contribution is -2.77. The van der Waals surface area contributed by atoms with Gasteiger partial charge in [-0.1, -0.05) is 0 Å². The van der Waals surface area contributed by atoms with Crippen LogP contribution in [0.15, 0.2) is 0 Å². The van der Waals surface area contributed by atoms with E-state index in [1.165, 1.54) is 0 Å². The van der Waals surface area contributed by atoms with Crippen LogP contribution in [0.3, 0.4) is 0 Å². The first-order valence-electron chi connectivity index (χ1n) is 6.51. The Kier molecular flexibility index (Phi) is 6.67. The first-order valence-corrected chi connectivity index (χ1v) is 6.51. The van der Waals surface area contributed by atoms with Gasteiger partial charge in [-0.15, -0.1) is 0 Å². The molecule has 0 saturated heterocycles. The van der Waals surface area contributed by atoms with Gasteiger partial charge in [-0.2, -0.15) is 92.2 Å². The van der Waals surface area contributed by atoms with Crippen molar-refractivity contribution in [3.63, 3.8) is 0 Å². The van der Waals surface area contributed by atoms with Crippen LogP contribution in [-0.2, 0) is 0 Å². The largest absolute Gasteiger partial charge is 0.460 e. The molecule has 0 aromatic rings. The number of halogens is 21. The maximum atomic E-state index is 13.2. The molecule has 0 aliphatic rings. The Balaban J connectivity index is 7.00. The minimum Gasteiger partial charge on any atom is -0.267 e. The molecule has 0 aromatic heterocycles. The smallest absolute Gasteiger partial charge is 0.267 e. The molecular formula is C10H2F21N. The van der Waals surface area contributed by atoms with Gasteiger partial charge in [0.15, 0.2) is 0 Å². The summed E-state index contributed by atoms with van der Waals surface area (Å²) in [4.78, 5) is 0. The van der Waals surface area contributed by atoms with Crippen LogP contribution in [0.1, 0.15) is 0 Å². The van der Waals surface area contributed by atoms with Gasteiger partial charge >= 0.3 is 59.6 Å². The molecule has 0 atom stereocenters. The summed E-state index contributed by atoms with van der Waals surface area (Å²) in [5, 5.41) is 0. The number of hydrogen-bond donors (Lipinski definition) is 1. The molecule has 2 N–H and O–H groups in total. The Morgan fingerprint density at radius 1 is 0.250 bits per heavy atom. The molecule has 0 aliphatic carbocycles. The SMILES string of the molecule is NC(F)(F)C(F)(F)C(F)(F)C(F)(F)C(F)(F)C(F)(F)C(F)(F)C(F)(F)C(F)(F)C(F)(F)F. The van der Waals surface area contributed by atoms with Crippen molar-refractivity contribution < 1.29 is 92.2 Å². The van der Waals surface area contributed by atoms with Gasteiger partial charge < -0.3 is 0 Å². The van der Waals surface area contributed by atoms with Crippen LogP contribution in [0.2, 0.25) is 0 Å². The van der Waals surface area contributed by atoms with Gasteiger partial charge in [-0.25, -0.2) is 0 Å². The van der Waals surface area contributed by atoms with Crippen molar-refractivity contribution in [1.29, 1.82) is 0 Å². The van der Waals surface area contributed by atoms with E-state index in [0.29, 0.717) is 0 Å². The molecule has 0 aliphatic heterocycles. The Morgan fingerprint density at radius 3 is 0.562 bits per heavy atom. The van der Waals surface area contributed by atoms with Gasteiger partial charge in [0.1, 0.15) is 0 Å². The molecule has 0 bridgehead atoms. The predicted octanol–water partition coefficient (Wildman–Crippen LogP) is 6.18. The molecule has 0 aromatic carbocycles. The highest BCUT2D eigenvalue weighted by molar-refractivity contribution is 5.17. The molecule has 22 heteroatoms. The predicted molar refractivity (Wildman–Crippen MR) is 54.8 cm³/mol. The second kappa shape index (κ2) is 7.00. The maximum Gasteiger partial charge on any atom is 0.460 e. The van der Waals surface area contributed by atoms with Gasteiger partial charge in [-0.3, -0.25) is 5.73 Å². The molecular weight excluding hydrogens is 533 g/mol. The van der Waals surface area contributed by atoms with E-state index >= 15 is 0 Å². The van der Waals surface area contributed by atoms with Crippen molar-refractivity contribution in [2.45, 2.75) is 59.6 Å². The van der Waals surface area contributed by atoms with E-state index in [4.69, 9.17) is 0 Å². The Labute approximate surface area is 159 Å². The minimum atomic E-state index is -9.16. The van der Waals surface area contributed by atoms with Crippen LogP contribution in [0, 0.1) is 0 Å². The van der Waals surface area contributed by atoms with Crippen LogP contribution in [0.25, 0.3) is 0 Å². The molecule has 0 fully saturated rings. The van der Waals surface area contributed by atoms with E-state index < -0.39 is 59.6 Å². The highest BCUT2D eigenvalue weighted by Crippen LogP contribution is 2.65. The quantitative estimate of drug-likeness (QED) is 0.292. The molecule has 0 spiro atoms. The molecule has 0 radical (unpaired) electrons. The second-order valence-electron chi connectivity index (χ2n) is 5.72. The van der Waals surface area contributed by atoms with Crippen molar-refractivity contribution >= 4 is 0 Å². The zero-order chi connectivity index (χ0) is 27.0. The van der Waals surface area contributed by atoms with Crippen LogP contribution in [-0.4, -0.2) is 59.6 Å². The van der Waals surface area contributed by atoms with Gasteiger partial charge in [0.05, 0.1) is 0 Å². The summed E-state index contributed by atoms with van der Waals surface area (Å²) in [6, 6.07) is -7.03. The van der Waals surface area contributed by atoms with E-state index in [0.717, 1.165) is 0 Å². The van der Waals surface area contributed by atoms with Crippen LogP contribution in [0.5, 0.6) is 0 Å². The first-order chi connectivity index (χ1) is 13.2. The fourth-order valence-electron chi connectivity index (χ4n) is 1.57. The number of alkyl halides is 21. The average molecular weight is 535 g/mol. The fourth-order valence-corrected chi connectivity index (χ4v) is 1.57. The van der Waals surface area contributed by atoms with Crippen molar-refractivity contribution in [3.8, 4) is 0 Å². The first kappa shape index (κ1) is 30.5. The van der Waals surface area contributed by atoms with Crippen molar-refractivity contribution in [2.24, 2.45) is 5.73 Å². The summed E-state index contributed by atoms with van der Waals surface area (Å²) in [7, 11) is 0. The Hall–Kier alpha value is -1.51. The van der Waals surface area contributed by atoms with Crippen molar-refractivity contribution in [1.82, 2.24) is 0 Å². The van der Waals surface area contributed by atoms with Gasteiger partial charge in [0.2, 0.25) is 0 Å². The summed E-state index contributed by atoms with van der Waals surface area (Å²) in [6.07, 6.45) is -7.99. The highest BCUT2D eigenvalue weighted by atomic mass is 19.4. The zero-order valence-electron chi connectivity index (χ0n) is 13.5. The lowest BCUT2D eigenvalue weighted by Gasteiger charge is -2.44. The highest BCUT2D eigenvalue weighted by Gasteiger charge is 2.97. The van der Waals surface area contributed by atoms with Gasteiger partial charge in [0, 0.05) is 0 Å². The Bertz CT molecular complexity index is 632. The second-order valence-corrected chi connectivity index (χ2v) is 5.72. The van der Waals surface area contributed by atoms with Gasteiger partial charge in [0.25, 0.3) is 0 Å². The number of rotatable bonds is 8. The average Bonchev–Trinajstić information content (AvgIpc) is 2.51. The van der Waals surface area contributed by atoms with E-state index in [9.17, 15) is 92.2 Å². The summed E-state index contributed by atoms with van der Waals surface area (Å²) in [6.45, 7) is 0. The standard InChI is InChI=1S/C10H2F21N/c11-1(12,3(15,16)5(19,20)7(23,24)9(27,28)29)2(13,14)4(17,18)6(21,22)8(25,26)10(30,31)32/h32H2. The van der Waals surface area contributed by atoms with Crippen LogP contribution in [0.4, 0.5) is 92.2 Å². The lowest BCUT2D eigenvalue weighted by molar-refractivity contribution is -0.474. The third kappa shape index (κ3) is 3.41. The zero-order valence-corrected chi connectivity index (χ0v) is 13.5. The third-order valence-electron chi connectivity index (χ3n) is 3.54. The summed E-state index contributed by atoms with van der Waals surface area (Å²) in [5.41, 5.74) is 2.99. The monoisotopic (exact) mass is 535 g/mol. The summed E-state index contributed by atoms with van der Waals surface area (Å²) < 4.78 is 267. The molecule has 0 saturated carbocycles. The van der Waals surface area contributed by atoms with E-state index in [2.05, 4.69) is 5.73 Å². The van der Waals surface area contributed by atoms with Crippen molar-refractivity contribution in [3.05, 3.63) is 0 Å². The topological polar surface area (TPSA) is 26.0 Å². The molecule has 0 heterocycles. The van der Waals surface area contributed by atoms with Crippen LogP contribution < -0.4 is 5.73 Å². The normalized spacial score (nSPS) is 17.1. The molecule has 0 rings (SSSR count). The molecule has 32 heavy (non-hydrogen) atoms. The number of nitrogens with two attached hydrogens (primary N) is 1. The maximum absolute atomic E-state index is 13.2. The summed E-state index contributed by atoms with van der Waals surface area (Å²) >= 11 is 0. The Morgan fingerprint density at radius 2 is 0.406 bits per heavy atom. The lowest BCUT2D eigenvalue weighted by atomic mass is 9.87.